The van der Waals surface area contributed by atoms with E-state index in [1.54, 1.807) is 54.6 Å². The van der Waals surface area contributed by atoms with Gasteiger partial charge in [-0.25, -0.2) is 0 Å². The van der Waals surface area contributed by atoms with Crippen LogP contribution in [0.4, 0.5) is 17.1 Å². The summed E-state index contributed by atoms with van der Waals surface area (Å²) in [6.07, 6.45) is 0. The maximum Gasteiger partial charge on any atom is 0.0651 e. The van der Waals surface area contributed by atoms with Crippen LogP contribution < -0.4 is 4.90 Å². The van der Waals surface area contributed by atoms with Gasteiger partial charge in [0.25, 0.3) is 0 Å². The molecule has 0 spiro atoms. The summed E-state index contributed by atoms with van der Waals surface area (Å²) in [5.41, 5.74) is 4.02. The summed E-state index contributed by atoms with van der Waals surface area (Å²) in [5.74, 6) is 0. The minimum atomic E-state index is -0.732. The lowest BCUT2D eigenvalue weighted by Crippen LogP contribution is -2.10. The van der Waals surface area contributed by atoms with Crippen molar-refractivity contribution in [1.82, 2.24) is 0 Å². The van der Waals surface area contributed by atoms with E-state index < -0.39 is 89.6 Å². The van der Waals surface area contributed by atoms with Gasteiger partial charge in [0.05, 0.1) is 16.4 Å². The van der Waals surface area contributed by atoms with Gasteiger partial charge in [0.2, 0.25) is 0 Å². The molecule has 0 bridgehead atoms. The monoisotopic (exact) mass is 763 g/mol. The zero-order valence-electron chi connectivity index (χ0n) is 43.7. The Morgan fingerprint density at radius 1 is 0.288 bits per heavy atom. The molecule has 0 fully saturated rings. The summed E-state index contributed by atoms with van der Waals surface area (Å²) in [6.45, 7) is 0. The van der Waals surface area contributed by atoms with Gasteiger partial charge < -0.3 is 4.90 Å². The van der Waals surface area contributed by atoms with Crippen molar-refractivity contribution in [2.75, 3.05) is 4.90 Å². The summed E-state index contributed by atoms with van der Waals surface area (Å²) in [7, 11) is 0. The summed E-state index contributed by atoms with van der Waals surface area (Å²) < 4.78 is 115. The molecule has 0 N–H and O–H groups in total. The van der Waals surface area contributed by atoms with Crippen LogP contribution in [0.15, 0.2) is 248 Å². The maximum absolute atomic E-state index is 9.94. The second kappa shape index (κ2) is 16.0. The first-order valence-electron chi connectivity index (χ1n) is 25.3. The first kappa shape index (κ1) is 24.8. The van der Waals surface area contributed by atoms with Crippen LogP contribution in [-0.4, -0.2) is 0 Å². The summed E-state index contributed by atoms with van der Waals surface area (Å²) >= 11 is 0. The third kappa shape index (κ3) is 7.46. The Bertz CT molecular complexity index is 3610. The molecule has 278 valence electrons. The molecule has 0 atom stereocenters. The van der Waals surface area contributed by atoms with Crippen LogP contribution in [0, 0.1) is 0 Å². The SMILES string of the molecule is [2H]c1c([2H])c(-c2cccc3ccccc23)c([2H])c(N(c2c([2H])c([2H])c(-c3cccc(-c4ccccc4)c3)c([2H])c2[2H])c2c([2H])c([2H])c(-c3cc(-c4ccccc4)cc(-c4ccccc4)c3)c([2H])c2[2H])c1[2H]. The zero-order valence-corrected chi connectivity index (χ0v) is 31.7. The van der Waals surface area contributed by atoms with Gasteiger partial charge in [-0.2, -0.15) is 0 Å². The minimum Gasteiger partial charge on any atom is -0.310 e. The van der Waals surface area contributed by atoms with Crippen LogP contribution in [-0.2, 0) is 0 Å². The Morgan fingerprint density at radius 2 is 0.712 bits per heavy atom. The van der Waals surface area contributed by atoms with Crippen LogP contribution in [0.25, 0.3) is 77.5 Å². The van der Waals surface area contributed by atoms with E-state index in [4.69, 9.17) is 0 Å². The predicted molar refractivity (Wildman–Crippen MR) is 251 cm³/mol. The molecule has 1 nitrogen and oxygen atoms in total. The smallest absolute Gasteiger partial charge is 0.0651 e. The van der Waals surface area contributed by atoms with Crippen LogP contribution >= 0.6 is 0 Å². The number of hydrogen-bond donors (Lipinski definition) is 0. The van der Waals surface area contributed by atoms with E-state index in [0.717, 1.165) is 43.7 Å². The van der Waals surface area contributed by atoms with Crippen molar-refractivity contribution < 1.29 is 16.4 Å². The Morgan fingerprint density at radius 3 is 1.31 bits per heavy atom. The van der Waals surface area contributed by atoms with Crippen LogP contribution in [0.3, 0.4) is 0 Å². The second-order valence-corrected chi connectivity index (χ2v) is 14.0. The van der Waals surface area contributed by atoms with Gasteiger partial charge in [-0.1, -0.05) is 188 Å². The number of anilines is 3. The van der Waals surface area contributed by atoms with E-state index >= 15 is 0 Å². The molecule has 10 aromatic rings. The van der Waals surface area contributed by atoms with E-state index in [1.807, 2.05) is 121 Å². The topological polar surface area (TPSA) is 3.24 Å². The molecule has 10 aromatic carbocycles. The van der Waals surface area contributed by atoms with Gasteiger partial charge >= 0.3 is 0 Å². The largest absolute Gasteiger partial charge is 0.310 e. The highest BCUT2D eigenvalue weighted by atomic mass is 15.1. The Labute approximate surface area is 363 Å². The van der Waals surface area contributed by atoms with Crippen molar-refractivity contribution in [1.29, 1.82) is 0 Å². The van der Waals surface area contributed by atoms with E-state index in [-0.39, 0.29) is 16.7 Å². The average molecular weight is 764 g/mol. The molecule has 59 heavy (non-hydrogen) atoms. The molecule has 1 heteroatoms. The van der Waals surface area contributed by atoms with Crippen molar-refractivity contribution in [2.24, 2.45) is 0 Å². The Balaban J connectivity index is 1.27. The fraction of sp³-hybridized carbons (Fsp3) is 0. The molecule has 0 aliphatic rings. The quantitative estimate of drug-likeness (QED) is 0.142. The van der Waals surface area contributed by atoms with E-state index in [0.29, 0.717) is 22.1 Å². The number of fused-ring (bicyclic) bond motifs is 1. The lowest BCUT2D eigenvalue weighted by molar-refractivity contribution is 1.28. The number of benzene rings is 10. The molecule has 0 saturated heterocycles. The third-order valence-corrected chi connectivity index (χ3v) is 10.3. The Kier molecular flexibility index (Phi) is 6.73. The normalized spacial score (nSPS) is 13.9. The van der Waals surface area contributed by atoms with E-state index in [2.05, 4.69) is 0 Å². The minimum absolute atomic E-state index is 0.0553. The van der Waals surface area contributed by atoms with Gasteiger partial charge in [0, 0.05) is 17.1 Å². The third-order valence-electron chi connectivity index (χ3n) is 10.3. The summed E-state index contributed by atoms with van der Waals surface area (Å²) in [5, 5.41) is 1.39. The zero-order chi connectivity index (χ0) is 49.8. The van der Waals surface area contributed by atoms with Crippen molar-refractivity contribution in [2.45, 2.75) is 0 Å². The second-order valence-electron chi connectivity index (χ2n) is 14.0. The number of nitrogens with zero attached hydrogens (tertiary/aromatic N) is 1. The molecule has 0 aliphatic heterocycles. The Hall–Kier alpha value is -7.74. The lowest BCUT2D eigenvalue weighted by Gasteiger charge is -2.26. The van der Waals surface area contributed by atoms with Crippen molar-refractivity contribution in [3.8, 4) is 66.8 Å². The van der Waals surface area contributed by atoms with Gasteiger partial charge in [0.15, 0.2) is 0 Å². The first-order chi connectivity index (χ1) is 34.3. The molecule has 0 amide bonds. The van der Waals surface area contributed by atoms with Gasteiger partial charge in [-0.3, -0.25) is 0 Å². The summed E-state index contributed by atoms with van der Waals surface area (Å²) in [4.78, 5) is 0.905. The van der Waals surface area contributed by atoms with Crippen molar-refractivity contribution >= 4 is 27.8 Å². The molecule has 0 radical (unpaired) electrons. The van der Waals surface area contributed by atoms with E-state index in [1.165, 1.54) is 0 Å². The molecule has 0 aliphatic carbocycles. The van der Waals surface area contributed by atoms with Gasteiger partial charge in [-0.15, -0.1) is 0 Å². The highest BCUT2D eigenvalue weighted by Crippen LogP contribution is 2.40. The predicted octanol–water partition coefficient (Wildman–Crippen LogP) is 16.3. The molecular formula is C58H41N. The van der Waals surface area contributed by atoms with Gasteiger partial charge in [0.1, 0.15) is 0 Å². The fourth-order valence-electron chi connectivity index (χ4n) is 7.33. The lowest BCUT2D eigenvalue weighted by atomic mass is 9.93. The van der Waals surface area contributed by atoms with Crippen LogP contribution in [0.1, 0.15) is 16.4 Å². The van der Waals surface area contributed by atoms with Crippen LogP contribution in [0.2, 0.25) is 0 Å². The van der Waals surface area contributed by atoms with E-state index in [9.17, 15) is 16.4 Å². The van der Waals surface area contributed by atoms with Gasteiger partial charge in [-0.05, 0) is 138 Å². The molecule has 0 aromatic heterocycles. The molecule has 0 heterocycles. The maximum atomic E-state index is 9.94. The number of rotatable bonds is 9. The molecule has 10 rings (SSSR count). The molecule has 0 unspecified atom stereocenters. The first-order valence-corrected chi connectivity index (χ1v) is 19.3. The van der Waals surface area contributed by atoms with Crippen LogP contribution in [0.5, 0.6) is 0 Å². The fourth-order valence-corrected chi connectivity index (χ4v) is 7.33. The van der Waals surface area contributed by atoms with Crippen molar-refractivity contribution in [3.63, 3.8) is 0 Å². The standard InChI is InChI=1S/C58H41N/c1-4-15-42(16-5-1)48-23-12-24-49(37-48)45-29-33-54(34-30-45)59(56-26-13-25-50(41-56)58-28-14-22-47-21-10-11-27-57(47)58)55-35-31-46(32-36-55)53-39-51(43-17-6-2-7-18-43)38-52(40-53)44-19-8-3-9-20-44/h1-41H/i13D,25D,26D,29D,30D,31D,32D,33D,34D,35D,36D,41D. The highest BCUT2D eigenvalue weighted by Gasteiger charge is 2.16. The molecular weight excluding hydrogens is 711 g/mol. The molecule has 0 saturated carbocycles. The summed E-state index contributed by atoms with van der Waals surface area (Å²) in [6, 6.07) is 46.6. The average Bonchev–Trinajstić information content (AvgIpc) is 3.40. The van der Waals surface area contributed by atoms with Crippen molar-refractivity contribution in [3.05, 3.63) is 248 Å². The highest BCUT2D eigenvalue weighted by molar-refractivity contribution is 5.97. The number of hydrogen-bond acceptors (Lipinski definition) is 1.